The Morgan fingerprint density at radius 3 is 1.62 bits per heavy atom. The van der Waals surface area contributed by atoms with Crippen LogP contribution in [0, 0.1) is 13.8 Å². The molecule has 0 radical (unpaired) electrons. The minimum absolute atomic E-state index is 0.134. The van der Waals surface area contributed by atoms with Crippen molar-refractivity contribution in [3.63, 3.8) is 0 Å². The number of halogens is 6. The van der Waals surface area contributed by atoms with Crippen LogP contribution >= 0.6 is 7.81 Å². The van der Waals surface area contributed by atoms with E-state index < -0.39 is 7.81 Å². The number of hydrogen-bond acceptors (Lipinski definition) is 1. The molecule has 0 bridgehead atoms. The molecule has 0 N–H and O–H groups in total. The molecule has 1 aromatic carbocycles. The first-order valence-corrected chi connectivity index (χ1v) is 8.36. The van der Waals surface area contributed by atoms with Crippen molar-refractivity contribution in [1.82, 2.24) is 0 Å². The average Bonchev–Trinajstić information content (AvgIpc) is 2.13. The van der Waals surface area contributed by atoms with E-state index in [1.54, 1.807) is 0 Å². The zero-order valence-electron chi connectivity index (χ0n) is 12.3. The van der Waals surface area contributed by atoms with Crippen LogP contribution in [0.1, 0.15) is 31.9 Å². The predicted molar refractivity (Wildman–Crippen MR) is 78.3 cm³/mol. The van der Waals surface area contributed by atoms with Crippen LogP contribution in [0.3, 0.4) is 0 Å². The van der Waals surface area contributed by atoms with Crippen LogP contribution in [-0.4, -0.2) is 5.60 Å². The first kappa shape index (κ1) is 20.4. The standard InChI is InChI=1S/C12H18OS.F6P/c1-8-9(2)11(14)7-6-10(8)13-12(3,4)5;1-7(2,3,4,5)6/h6-7,14H,1-5H3;/q;-1/p+1. The zero-order valence-corrected chi connectivity index (χ0v) is 14.2. The quantitative estimate of drug-likeness (QED) is 0.329. The van der Waals surface area contributed by atoms with Crippen molar-refractivity contribution in [3.8, 4) is 5.75 Å². The van der Waals surface area contributed by atoms with E-state index in [2.05, 4.69) is 47.2 Å². The average molecular weight is 356 g/mol. The molecule has 0 aliphatic rings. The summed E-state index contributed by atoms with van der Waals surface area (Å²) in [6, 6.07) is 4.04. The molecule has 9 heteroatoms. The summed E-state index contributed by atoms with van der Waals surface area (Å²) >= 11 is 3.56. The Balaban J connectivity index is 0.000000486. The van der Waals surface area contributed by atoms with Crippen LogP contribution in [0.25, 0.3) is 0 Å². The van der Waals surface area contributed by atoms with Gasteiger partial charge < -0.3 is 4.74 Å². The van der Waals surface area contributed by atoms with Gasteiger partial charge in [-0.1, -0.05) is 0 Å². The van der Waals surface area contributed by atoms with E-state index in [9.17, 15) is 25.2 Å². The molecule has 0 aliphatic carbocycles. The van der Waals surface area contributed by atoms with Gasteiger partial charge in [0.25, 0.3) is 0 Å². The molecule has 126 valence electrons. The summed E-state index contributed by atoms with van der Waals surface area (Å²) < 4.78 is 65.0. The van der Waals surface area contributed by atoms with Crippen LogP contribution in [-0.2, 0) is 12.6 Å². The predicted octanol–water partition coefficient (Wildman–Crippen LogP) is 6.23. The van der Waals surface area contributed by atoms with Gasteiger partial charge in [0.15, 0.2) is 4.90 Å². The van der Waals surface area contributed by atoms with Crippen molar-refractivity contribution in [2.75, 3.05) is 0 Å². The van der Waals surface area contributed by atoms with Crippen LogP contribution < -0.4 is 4.74 Å². The Kier molecular flexibility index (Phi) is 5.08. The van der Waals surface area contributed by atoms with Crippen LogP contribution in [0.4, 0.5) is 25.2 Å². The molecule has 0 fully saturated rings. The van der Waals surface area contributed by atoms with Gasteiger partial charge in [0.1, 0.15) is 11.4 Å². The maximum atomic E-state index is 9.87. The second kappa shape index (κ2) is 5.23. The van der Waals surface area contributed by atoms with Gasteiger partial charge >= 0.3 is 33.0 Å². The van der Waals surface area contributed by atoms with E-state index in [1.807, 2.05) is 12.1 Å². The molecule has 21 heavy (non-hydrogen) atoms. The summed E-state index contributed by atoms with van der Waals surface area (Å²) in [5, 5.41) is 0. The number of benzene rings is 1. The first-order valence-electron chi connectivity index (χ1n) is 5.83. The normalized spacial score (nSPS) is 15.4. The second-order valence-electron chi connectivity index (χ2n) is 5.53. The molecule has 0 atom stereocenters. The van der Waals surface area contributed by atoms with Crippen molar-refractivity contribution in [1.29, 1.82) is 0 Å². The van der Waals surface area contributed by atoms with Gasteiger partial charge in [-0.25, -0.2) is 0 Å². The molecule has 0 unspecified atom stereocenters. The fourth-order valence-corrected chi connectivity index (χ4v) is 1.51. The van der Waals surface area contributed by atoms with Crippen molar-refractivity contribution < 1.29 is 29.9 Å². The summed E-state index contributed by atoms with van der Waals surface area (Å²) in [4.78, 5) is 1.13. The second-order valence-corrected chi connectivity index (χ2v) is 7.99. The molecule has 1 nitrogen and oxygen atoms in total. The van der Waals surface area contributed by atoms with Crippen molar-refractivity contribution in [2.24, 2.45) is 0 Å². The Morgan fingerprint density at radius 1 is 0.905 bits per heavy atom. The SMILES string of the molecule is Cc1c([SH2+])ccc(OC(C)(C)C)c1C.F[P-](F)(F)(F)(F)F. The van der Waals surface area contributed by atoms with E-state index >= 15 is 0 Å². The number of ether oxygens (including phenoxy) is 1. The number of rotatable bonds is 1. The molecule has 0 amide bonds. The van der Waals surface area contributed by atoms with Crippen LogP contribution in [0.15, 0.2) is 17.0 Å². The Bertz CT molecular complexity index is 507. The summed E-state index contributed by atoms with van der Waals surface area (Å²) in [6.07, 6.45) is 0. The van der Waals surface area contributed by atoms with Crippen LogP contribution in [0.5, 0.6) is 5.75 Å². The van der Waals surface area contributed by atoms with Gasteiger partial charge in [-0.2, -0.15) is 0 Å². The Morgan fingerprint density at radius 2 is 1.29 bits per heavy atom. The van der Waals surface area contributed by atoms with Crippen molar-refractivity contribution in [2.45, 2.75) is 45.1 Å². The van der Waals surface area contributed by atoms with Gasteiger partial charge in [-0.15, -0.1) is 0 Å². The molecule has 1 rings (SSSR count). The van der Waals surface area contributed by atoms with E-state index in [4.69, 9.17) is 4.74 Å². The fourth-order valence-electron chi connectivity index (χ4n) is 1.24. The third-order valence-corrected chi connectivity index (χ3v) is 2.70. The van der Waals surface area contributed by atoms with Gasteiger partial charge in [0.2, 0.25) is 0 Å². The van der Waals surface area contributed by atoms with Gasteiger partial charge in [-0.05, 0) is 64.9 Å². The molecule has 0 aromatic heterocycles. The van der Waals surface area contributed by atoms with E-state index in [0.717, 1.165) is 10.6 Å². The summed E-state index contributed by atoms with van der Waals surface area (Å²) in [5.41, 5.74) is 2.31. The summed E-state index contributed by atoms with van der Waals surface area (Å²) in [7, 11) is -10.7. The van der Waals surface area contributed by atoms with Gasteiger partial charge in [0.05, 0.1) is 0 Å². The van der Waals surface area contributed by atoms with Crippen molar-refractivity contribution >= 4 is 20.4 Å². The van der Waals surface area contributed by atoms with Gasteiger partial charge in [-0.3, -0.25) is 0 Å². The maximum absolute atomic E-state index is 10.7. The minimum atomic E-state index is -10.7. The molecule has 0 saturated carbocycles. The Hall–Kier alpha value is -0.620. The van der Waals surface area contributed by atoms with E-state index in [1.165, 1.54) is 11.1 Å². The molecule has 1 aromatic rings. The van der Waals surface area contributed by atoms with Crippen molar-refractivity contribution in [3.05, 3.63) is 23.3 Å². The topological polar surface area (TPSA) is 9.23 Å². The Labute approximate surface area is 125 Å². The summed E-state index contributed by atoms with van der Waals surface area (Å²) in [5.74, 6) is 0.969. The third-order valence-electron chi connectivity index (χ3n) is 2.15. The summed E-state index contributed by atoms with van der Waals surface area (Å²) in [6.45, 7) is 10.4. The zero-order chi connectivity index (χ0) is 17.3. The number of hydrogen-bond donors (Lipinski definition) is 0. The molecular formula is C12H19F6OPS. The molecule has 0 aliphatic heterocycles. The van der Waals surface area contributed by atoms with E-state index in [-0.39, 0.29) is 5.60 Å². The molecule has 0 saturated heterocycles. The molecule has 0 heterocycles. The van der Waals surface area contributed by atoms with Gasteiger partial charge in [0, 0.05) is 5.56 Å². The van der Waals surface area contributed by atoms with E-state index in [0.29, 0.717) is 0 Å². The fraction of sp³-hybridized carbons (Fsp3) is 0.500. The van der Waals surface area contributed by atoms with Crippen LogP contribution in [0.2, 0.25) is 0 Å². The molecular weight excluding hydrogens is 337 g/mol. The first-order chi connectivity index (χ1) is 8.76. The monoisotopic (exact) mass is 356 g/mol. The third kappa shape index (κ3) is 12.8. The molecule has 0 spiro atoms.